The Hall–Kier alpha value is -2.02. The van der Waals surface area contributed by atoms with Crippen LogP contribution in [0.25, 0.3) is 0 Å². The fraction of sp³-hybridized carbons (Fsp3) is 0.273. The molecule has 2 aromatic heterocycles. The summed E-state index contributed by atoms with van der Waals surface area (Å²) < 4.78 is 0. The largest absolute Gasteiger partial charge is 0.330 e. The number of carbonyl (C=O) groups excluding carboxylic acids is 1. The van der Waals surface area contributed by atoms with Crippen LogP contribution in [0.3, 0.4) is 0 Å². The van der Waals surface area contributed by atoms with Crippen LogP contribution in [-0.4, -0.2) is 21.2 Å². The second-order valence-electron chi connectivity index (χ2n) is 3.70. The van der Waals surface area contributed by atoms with Gasteiger partial charge in [0.2, 0.25) is 5.13 Å². The maximum atomic E-state index is 11.7. The first-order chi connectivity index (χ1) is 8.65. The highest BCUT2D eigenvalue weighted by molar-refractivity contribution is 7.15. The van der Waals surface area contributed by atoms with Gasteiger partial charge in [0, 0.05) is 6.20 Å². The first kappa shape index (κ1) is 12.4. The molecule has 0 aliphatic rings. The van der Waals surface area contributed by atoms with E-state index in [2.05, 4.69) is 25.8 Å². The second kappa shape index (κ2) is 5.54. The number of anilines is 1. The molecule has 0 saturated carbocycles. The van der Waals surface area contributed by atoms with E-state index in [9.17, 15) is 4.79 Å². The number of nitrogens with one attached hydrogen (secondary N) is 2. The van der Waals surface area contributed by atoms with Crippen molar-refractivity contribution in [2.24, 2.45) is 0 Å². The SMILES string of the molecule is Cc1nnc(NC(=O)N[C@H](C)c2ccccn2)s1. The Morgan fingerprint density at radius 1 is 1.39 bits per heavy atom. The molecule has 94 valence electrons. The Kier molecular flexibility index (Phi) is 3.83. The number of urea groups is 1. The minimum Gasteiger partial charge on any atom is -0.330 e. The van der Waals surface area contributed by atoms with Crippen LogP contribution in [0, 0.1) is 6.92 Å². The Bertz CT molecular complexity index is 527. The summed E-state index contributed by atoms with van der Waals surface area (Å²) in [5, 5.41) is 14.3. The van der Waals surface area contributed by atoms with Crippen LogP contribution in [0.15, 0.2) is 24.4 Å². The fourth-order valence-corrected chi connectivity index (χ4v) is 1.97. The molecule has 0 unspecified atom stereocenters. The molecule has 2 amide bonds. The number of aryl methyl sites for hydroxylation is 1. The highest BCUT2D eigenvalue weighted by atomic mass is 32.1. The lowest BCUT2D eigenvalue weighted by molar-refractivity contribution is 0.249. The maximum absolute atomic E-state index is 11.7. The first-order valence-corrected chi connectivity index (χ1v) is 6.25. The molecule has 18 heavy (non-hydrogen) atoms. The van der Waals surface area contributed by atoms with Gasteiger partial charge < -0.3 is 5.32 Å². The van der Waals surface area contributed by atoms with Crippen molar-refractivity contribution >= 4 is 22.5 Å². The Morgan fingerprint density at radius 2 is 2.22 bits per heavy atom. The molecular weight excluding hydrogens is 250 g/mol. The predicted molar refractivity (Wildman–Crippen MR) is 69.5 cm³/mol. The minimum atomic E-state index is -0.315. The van der Waals surface area contributed by atoms with Crippen molar-refractivity contribution in [2.75, 3.05) is 5.32 Å². The summed E-state index contributed by atoms with van der Waals surface area (Å²) in [6.07, 6.45) is 1.69. The summed E-state index contributed by atoms with van der Waals surface area (Å²) in [4.78, 5) is 15.9. The van der Waals surface area contributed by atoms with Gasteiger partial charge in [-0.05, 0) is 26.0 Å². The van der Waals surface area contributed by atoms with E-state index < -0.39 is 0 Å². The third-order valence-electron chi connectivity index (χ3n) is 2.23. The van der Waals surface area contributed by atoms with Crippen molar-refractivity contribution in [3.05, 3.63) is 35.1 Å². The monoisotopic (exact) mass is 263 g/mol. The molecule has 2 rings (SSSR count). The third-order valence-corrected chi connectivity index (χ3v) is 2.98. The van der Waals surface area contributed by atoms with Crippen LogP contribution < -0.4 is 10.6 Å². The molecule has 0 aromatic carbocycles. The van der Waals surface area contributed by atoms with Gasteiger partial charge in [0.15, 0.2) is 0 Å². The molecule has 0 fully saturated rings. The van der Waals surface area contributed by atoms with Crippen LogP contribution in [0.2, 0.25) is 0 Å². The number of nitrogens with zero attached hydrogens (tertiary/aromatic N) is 3. The minimum absolute atomic E-state index is 0.166. The number of aromatic nitrogens is 3. The van der Waals surface area contributed by atoms with Crippen LogP contribution in [0.1, 0.15) is 23.7 Å². The van der Waals surface area contributed by atoms with Gasteiger partial charge in [-0.3, -0.25) is 10.3 Å². The van der Waals surface area contributed by atoms with E-state index in [0.717, 1.165) is 10.7 Å². The molecule has 2 aromatic rings. The maximum Gasteiger partial charge on any atom is 0.321 e. The summed E-state index contributed by atoms with van der Waals surface area (Å²) >= 11 is 1.33. The zero-order valence-corrected chi connectivity index (χ0v) is 10.9. The normalized spacial score (nSPS) is 11.9. The number of pyridine rings is 1. The van der Waals surface area contributed by atoms with Crippen molar-refractivity contribution in [2.45, 2.75) is 19.9 Å². The Labute approximate surface area is 108 Å². The zero-order valence-electron chi connectivity index (χ0n) is 10.0. The van der Waals surface area contributed by atoms with Gasteiger partial charge in [0.1, 0.15) is 5.01 Å². The van der Waals surface area contributed by atoms with E-state index in [1.165, 1.54) is 11.3 Å². The van der Waals surface area contributed by atoms with Gasteiger partial charge in [0.05, 0.1) is 11.7 Å². The molecule has 2 heterocycles. The standard InChI is InChI=1S/C11H13N5OS/c1-7(9-5-3-4-6-12-9)13-10(17)14-11-16-15-8(2)18-11/h3-7H,1-2H3,(H2,13,14,16,17)/t7-/m1/s1. The van der Waals surface area contributed by atoms with Gasteiger partial charge >= 0.3 is 6.03 Å². The van der Waals surface area contributed by atoms with Gasteiger partial charge in [-0.2, -0.15) is 0 Å². The summed E-state index contributed by atoms with van der Waals surface area (Å²) in [5.41, 5.74) is 0.807. The molecule has 1 atom stereocenters. The van der Waals surface area contributed by atoms with Crippen molar-refractivity contribution in [1.82, 2.24) is 20.5 Å². The smallest absolute Gasteiger partial charge is 0.321 e. The third kappa shape index (κ3) is 3.24. The predicted octanol–water partition coefficient (Wildman–Crippen LogP) is 2.12. The molecule has 0 bridgehead atoms. The molecule has 6 nitrogen and oxygen atoms in total. The average molecular weight is 263 g/mol. The molecule has 0 spiro atoms. The number of hydrogen-bond acceptors (Lipinski definition) is 5. The van der Waals surface area contributed by atoms with Crippen molar-refractivity contribution < 1.29 is 4.79 Å². The van der Waals surface area contributed by atoms with Crippen molar-refractivity contribution in [3.8, 4) is 0 Å². The van der Waals surface area contributed by atoms with E-state index in [1.54, 1.807) is 6.20 Å². The topological polar surface area (TPSA) is 79.8 Å². The molecule has 2 N–H and O–H groups in total. The summed E-state index contributed by atoms with van der Waals surface area (Å²) in [6.45, 7) is 3.70. The summed E-state index contributed by atoms with van der Waals surface area (Å²) in [5.74, 6) is 0. The number of rotatable bonds is 3. The van der Waals surface area contributed by atoms with E-state index in [1.807, 2.05) is 32.0 Å². The number of amides is 2. The van der Waals surface area contributed by atoms with E-state index in [4.69, 9.17) is 0 Å². The Morgan fingerprint density at radius 3 is 2.83 bits per heavy atom. The second-order valence-corrected chi connectivity index (χ2v) is 4.88. The van der Waals surface area contributed by atoms with Gasteiger partial charge in [-0.15, -0.1) is 10.2 Å². The van der Waals surface area contributed by atoms with Crippen molar-refractivity contribution in [1.29, 1.82) is 0 Å². The zero-order chi connectivity index (χ0) is 13.0. The van der Waals surface area contributed by atoms with Crippen LogP contribution in [0.5, 0.6) is 0 Å². The highest BCUT2D eigenvalue weighted by Crippen LogP contribution is 2.14. The highest BCUT2D eigenvalue weighted by Gasteiger charge is 2.11. The lowest BCUT2D eigenvalue weighted by Gasteiger charge is -2.12. The van der Waals surface area contributed by atoms with Crippen molar-refractivity contribution in [3.63, 3.8) is 0 Å². The van der Waals surface area contributed by atoms with Crippen LogP contribution in [0.4, 0.5) is 9.93 Å². The summed E-state index contributed by atoms with van der Waals surface area (Å²) in [7, 11) is 0. The molecule has 0 radical (unpaired) electrons. The van der Waals surface area contributed by atoms with Gasteiger partial charge in [-0.1, -0.05) is 17.4 Å². The first-order valence-electron chi connectivity index (χ1n) is 5.43. The summed E-state index contributed by atoms with van der Waals surface area (Å²) in [6, 6.07) is 5.09. The van der Waals surface area contributed by atoms with E-state index in [-0.39, 0.29) is 12.1 Å². The van der Waals surface area contributed by atoms with Crippen LogP contribution >= 0.6 is 11.3 Å². The van der Waals surface area contributed by atoms with E-state index >= 15 is 0 Å². The average Bonchev–Trinajstić information content (AvgIpc) is 2.75. The van der Waals surface area contributed by atoms with Gasteiger partial charge in [0.25, 0.3) is 0 Å². The van der Waals surface area contributed by atoms with E-state index in [0.29, 0.717) is 5.13 Å². The Balaban J connectivity index is 1.92. The molecule has 0 aliphatic heterocycles. The fourth-order valence-electron chi connectivity index (χ4n) is 1.38. The van der Waals surface area contributed by atoms with Crippen LogP contribution in [-0.2, 0) is 0 Å². The number of carbonyl (C=O) groups is 1. The molecule has 7 heteroatoms. The number of hydrogen-bond donors (Lipinski definition) is 2. The molecule has 0 saturated heterocycles. The molecule has 0 aliphatic carbocycles. The lowest BCUT2D eigenvalue weighted by Crippen LogP contribution is -2.31. The van der Waals surface area contributed by atoms with Gasteiger partial charge in [-0.25, -0.2) is 4.79 Å². The quantitative estimate of drug-likeness (QED) is 0.889. The lowest BCUT2D eigenvalue weighted by atomic mass is 10.2. The molecular formula is C11H13N5OS.